The smallest absolute Gasteiger partial charge is 0.211 e. The third kappa shape index (κ3) is 3.13. The number of nitrogens with one attached hydrogen (secondary N) is 1. The number of hydrogen-bond acceptors (Lipinski definition) is 5. The summed E-state index contributed by atoms with van der Waals surface area (Å²) < 4.78 is 26.9. The summed E-state index contributed by atoms with van der Waals surface area (Å²) >= 11 is 0. The molecule has 0 spiro atoms. The van der Waals surface area contributed by atoms with Crippen LogP contribution < -0.4 is 0 Å². The molecule has 5 rings (SSSR count). The maximum absolute atomic E-state index is 11.7. The number of rotatable bonds is 4. The summed E-state index contributed by atoms with van der Waals surface area (Å²) in [5, 5.41) is 5.66. The molecule has 0 atom stereocenters. The van der Waals surface area contributed by atoms with Crippen molar-refractivity contribution < 1.29 is 8.42 Å². The van der Waals surface area contributed by atoms with E-state index in [1.165, 1.54) is 12.3 Å². The molecule has 2 fully saturated rings. The first-order valence-corrected chi connectivity index (χ1v) is 11.4. The molecule has 8 nitrogen and oxygen atoms in total. The summed E-state index contributed by atoms with van der Waals surface area (Å²) in [4.78, 5) is 9.91. The van der Waals surface area contributed by atoms with Crippen LogP contribution in [0.3, 0.4) is 0 Å². The minimum Gasteiger partial charge on any atom is -0.346 e. The average molecular weight is 400 g/mol. The third-order valence-electron chi connectivity index (χ3n) is 5.86. The first kappa shape index (κ1) is 17.8. The van der Waals surface area contributed by atoms with Crippen molar-refractivity contribution in [3.8, 4) is 11.1 Å². The quantitative estimate of drug-likeness (QED) is 0.719. The van der Waals surface area contributed by atoms with Crippen LogP contribution in [0.2, 0.25) is 0 Å². The minimum absolute atomic E-state index is 0.455. The molecule has 0 aromatic carbocycles. The fourth-order valence-electron chi connectivity index (χ4n) is 4.21. The van der Waals surface area contributed by atoms with Gasteiger partial charge in [0.1, 0.15) is 11.7 Å². The molecule has 3 aromatic heterocycles. The lowest BCUT2D eigenvalue weighted by atomic mass is 9.98. The number of likely N-dealkylation sites (tertiary alicyclic amines) is 1. The molecule has 0 saturated carbocycles. The number of fused-ring (bicyclic) bond motifs is 1. The standard InChI is InChI=1S/C19H23N6O2S/c1-28(26,27)24-8-4-15(5-9-24)23-12-16(13-23)25-11-14(10-22-25)17-2-6-20-19-18(17)3-7-21-19/h2-3,6-7,10-11,15H,4-5,8-9,12-13H2,1H3,(H,20,21). The van der Waals surface area contributed by atoms with Gasteiger partial charge in [0.25, 0.3) is 0 Å². The highest BCUT2D eigenvalue weighted by atomic mass is 32.2. The van der Waals surface area contributed by atoms with Crippen LogP contribution in [-0.2, 0) is 10.0 Å². The molecule has 28 heavy (non-hydrogen) atoms. The molecule has 2 aliphatic rings. The molecule has 1 radical (unpaired) electrons. The molecule has 1 N–H and O–H groups in total. The summed E-state index contributed by atoms with van der Waals surface area (Å²) in [6.45, 7) is 3.02. The molecule has 0 unspecified atom stereocenters. The van der Waals surface area contributed by atoms with Gasteiger partial charge in [-0.2, -0.15) is 5.10 Å². The fraction of sp³-hybridized carbons (Fsp3) is 0.421. The second-order valence-electron chi connectivity index (χ2n) is 7.64. The number of H-pyrrole nitrogens is 1. The van der Waals surface area contributed by atoms with Gasteiger partial charge in [-0.1, -0.05) is 0 Å². The molecule has 9 heteroatoms. The predicted molar refractivity (Wildman–Crippen MR) is 107 cm³/mol. The van der Waals surface area contributed by atoms with E-state index in [1.54, 1.807) is 4.31 Å². The average Bonchev–Trinajstić information content (AvgIpc) is 3.29. The molecule has 3 aromatic rings. The van der Waals surface area contributed by atoms with Crippen molar-refractivity contribution in [3.05, 3.63) is 43.0 Å². The molecular weight excluding hydrogens is 376 g/mol. The lowest BCUT2D eigenvalue weighted by molar-refractivity contribution is 0.0885. The Hall–Kier alpha value is -2.23. The van der Waals surface area contributed by atoms with Crippen LogP contribution in [0.15, 0.2) is 36.9 Å². The van der Waals surface area contributed by atoms with Crippen molar-refractivity contribution >= 4 is 21.1 Å². The van der Waals surface area contributed by atoms with E-state index < -0.39 is 10.0 Å². The maximum atomic E-state index is 11.7. The zero-order valence-corrected chi connectivity index (χ0v) is 16.6. The molecular formula is C19H23N6O2S. The largest absolute Gasteiger partial charge is 0.346 e. The SMILES string of the molecule is CS(=O)(=O)N1CCC(N2C[C](n3cc(-c4ccnc5[nH]ccc45)cn3)C2)CC1. The Kier molecular flexibility index (Phi) is 4.26. The summed E-state index contributed by atoms with van der Waals surface area (Å²) in [6, 6.07) is 5.79. The summed E-state index contributed by atoms with van der Waals surface area (Å²) in [6.07, 6.45) is 10.8. The van der Waals surface area contributed by atoms with E-state index >= 15 is 0 Å². The van der Waals surface area contributed by atoms with E-state index in [9.17, 15) is 8.42 Å². The molecule has 147 valence electrons. The Balaban J connectivity index is 1.23. The third-order valence-corrected chi connectivity index (χ3v) is 7.16. The predicted octanol–water partition coefficient (Wildman–Crippen LogP) is 1.55. The van der Waals surface area contributed by atoms with Gasteiger partial charge in [0.15, 0.2) is 0 Å². The Bertz CT molecular complexity index is 1090. The van der Waals surface area contributed by atoms with Crippen LogP contribution in [-0.4, -0.2) is 75.8 Å². The zero-order chi connectivity index (χ0) is 19.3. The van der Waals surface area contributed by atoms with Gasteiger partial charge in [-0.3, -0.25) is 9.58 Å². The molecule has 2 aliphatic heterocycles. The van der Waals surface area contributed by atoms with Crippen LogP contribution in [0, 0.1) is 6.04 Å². The molecule has 0 bridgehead atoms. The number of hydrogen-bond donors (Lipinski definition) is 1. The second kappa shape index (κ2) is 6.68. The highest BCUT2D eigenvalue weighted by molar-refractivity contribution is 7.88. The minimum atomic E-state index is -3.06. The highest BCUT2D eigenvalue weighted by Crippen LogP contribution is 2.31. The molecule has 0 amide bonds. The van der Waals surface area contributed by atoms with Crippen LogP contribution in [0.5, 0.6) is 0 Å². The monoisotopic (exact) mass is 399 g/mol. The Morgan fingerprint density at radius 1 is 1.18 bits per heavy atom. The van der Waals surface area contributed by atoms with Crippen molar-refractivity contribution in [2.45, 2.75) is 18.9 Å². The van der Waals surface area contributed by atoms with Crippen molar-refractivity contribution in [2.24, 2.45) is 0 Å². The van der Waals surface area contributed by atoms with E-state index in [2.05, 4.69) is 26.2 Å². The van der Waals surface area contributed by atoms with Crippen LogP contribution in [0.4, 0.5) is 0 Å². The first-order valence-electron chi connectivity index (χ1n) is 9.50. The van der Waals surface area contributed by atoms with Gasteiger partial charge in [-0.25, -0.2) is 17.7 Å². The van der Waals surface area contributed by atoms with Gasteiger partial charge < -0.3 is 4.98 Å². The van der Waals surface area contributed by atoms with Crippen molar-refractivity contribution in [2.75, 3.05) is 32.4 Å². The molecule has 0 aliphatic carbocycles. The number of pyridine rings is 1. The molecule has 2 saturated heterocycles. The Morgan fingerprint density at radius 3 is 2.71 bits per heavy atom. The lowest BCUT2D eigenvalue weighted by Crippen LogP contribution is -2.56. The van der Waals surface area contributed by atoms with E-state index in [0.717, 1.165) is 48.1 Å². The molecule has 5 heterocycles. The fourth-order valence-corrected chi connectivity index (χ4v) is 5.09. The normalized spacial score (nSPS) is 20.6. The van der Waals surface area contributed by atoms with E-state index in [4.69, 9.17) is 0 Å². The summed E-state index contributed by atoms with van der Waals surface area (Å²) in [5.41, 5.74) is 3.09. The van der Waals surface area contributed by atoms with Crippen LogP contribution in [0.1, 0.15) is 12.8 Å². The number of sulfonamides is 1. The van der Waals surface area contributed by atoms with Crippen molar-refractivity contribution in [3.63, 3.8) is 0 Å². The second-order valence-corrected chi connectivity index (χ2v) is 9.62. The number of aromatic amines is 1. The van der Waals surface area contributed by atoms with Gasteiger partial charge in [0.05, 0.1) is 12.5 Å². The Labute approximate surface area is 164 Å². The van der Waals surface area contributed by atoms with Crippen LogP contribution >= 0.6 is 0 Å². The number of piperidine rings is 1. The van der Waals surface area contributed by atoms with Gasteiger partial charge in [-0.05, 0) is 30.5 Å². The van der Waals surface area contributed by atoms with Crippen molar-refractivity contribution in [1.82, 2.24) is 29.0 Å². The summed E-state index contributed by atoms with van der Waals surface area (Å²) in [7, 11) is -3.06. The van der Waals surface area contributed by atoms with Gasteiger partial charge in [0.2, 0.25) is 10.0 Å². The first-order chi connectivity index (χ1) is 13.5. The number of aromatic nitrogens is 4. The van der Waals surface area contributed by atoms with E-state index in [1.807, 2.05) is 35.4 Å². The lowest BCUT2D eigenvalue weighted by Gasteiger charge is -2.46. The van der Waals surface area contributed by atoms with Gasteiger partial charge in [-0.15, -0.1) is 0 Å². The maximum Gasteiger partial charge on any atom is 0.211 e. The van der Waals surface area contributed by atoms with Crippen LogP contribution in [0.25, 0.3) is 22.2 Å². The van der Waals surface area contributed by atoms with E-state index in [-0.39, 0.29) is 0 Å². The van der Waals surface area contributed by atoms with Gasteiger partial charge >= 0.3 is 0 Å². The zero-order valence-electron chi connectivity index (χ0n) is 15.7. The summed E-state index contributed by atoms with van der Waals surface area (Å²) in [5.74, 6) is 0. The van der Waals surface area contributed by atoms with Crippen molar-refractivity contribution in [1.29, 1.82) is 0 Å². The topological polar surface area (TPSA) is 87.1 Å². The number of nitrogens with zero attached hydrogens (tertiary/aromatic N) is 5. The van der Waals surface area contributed by atoms with Gasteiger partial charge in [0, 0.05) is 61.8 Å². The Morgan fingerprint density at radius 2 is 1.96 bits per heavy atom. The van der Waals surface area contributed by atoms with E-state index in [0.29, 0.717) is 19.1 Å². The highest BCUT2D eigenvalue weighted by Gasteiger charge is 2.37.